The smallest absolute Gasteiger partial charge is 0.267 e. The van der Waals surface area contributed by atoms with E-state index in [-0.39, 0.29) is 17.9 Å². The summed E-state index contributed by atoms with van der Waals surface area (Å²) in [6.07, 6.45) is 0.663. The van der Waals surface area contributed by atoms with E-state index in [2.05, 4.69) is 10.6 Å². The first-order chi connectivity index (χ1) is 9.02. The van der Waals surface area contributed by atoms with Gasteiger partial charge >= 0.3 is 0 Å². The van der Waals surface area contributed by atoms with Crippen molar-refractivity contribution >= 4 is 11.6 Å². The third-order valence-electron chi connectivity index (χ3n) is 2.13. The molecule has 0 aliphatic heterocycles. The molecular formula is C13H15N3O3. The Morgan fingerprint density at radius 1 is 1.58 bits per heavy atom. The third-order valence-corrected chi connectivity index (χ3v) is 2.13. The molecular weight excluding hydrogens is 246 g/mol. The molecule has 6 nitrogen and oxygen atoms in total. The van der Waals surface area contributed by atoms with Gasteiger partial charge in [0.25, 0.3) is 5.91 Å². The SMILES string of the molecule is CC(O)CN/C=C(/C#N)C(=O)Nc1cccc(O)c1. The molecule has 0 radical (unpaired) electrons. The molecule has 1 rings (SSSR count). The molecule has 0 aromatic heterocycles. The number of phenols is 1. The maximum Gasteiger partial charge on any atom is 0.267 e. The normalized spacial score (nSPS) is 12.4. The van der Waals surface area contributed by atoms with Crippen LogP contribution < -0.4 is 10.6 Å². The lowest BCUT2D eigenvalue weighted by Crippen LogP contribution is -2.22. The van der Waals surface area contributed by atoms with Gasteiger partial charge in [-0.25, -0.2) is 0 Å². The van der Waals surface area contributed by atoms with Gasteiger partial charge in [-0.2, -0.15) is 5.26 Å². The summed E-state index contributed by atoms with van der Waals surface area (Å²) < 4.78 is 0. The van der Waals surface area contributed by atoms with Crippen molar-refractivity contribution in [1.29, 1.82) is 5.26 Å². The number of amides is 1. The fraction of sp³-hybridized carbons (Fsp3) is 0.231. The van der Waals surface area contributed by atoms with Gasteiger partial charge in [0.15, 0.2) is 0 Å². The molecule has 1 aromatic carbocycles. The summed E-state index contributed by atoms with van der Waals surface area (Å²) in [6.45, 7) is 1.82. The van der Waals surface area contributed by atoms with Gasteiger partial charge in [-0.05, 0) is 19.1 Å². The van der Waals surface area contributed by atoms with Crippen molar-refractivity contribution in [2.24, 2.45) is 0 Å². The van der Waals surface area contributed by atoms with E-state index in [0.717, 1.165) is 0 Å². The number of aliphatic hydroxyl groups excluding tert-OH is 1. The quantitative estimate of drug-likeness (QED) is 0.461. The molecule has 1 aromatic rings. The summed E-state index contributed by atoms with van der Waals surface area (Å²) in [5.41, 5.74) is 0.269. The topological polar surface area (TPSA) is 105 Å². The number of hydrogen-bond donors (Lipinski definition) is 4. The Hall–Kier alpha value is -2.52. The molecule has 0 saturated heterocycles. The zero-order chi connectivity index (χ0) is 14.3. The summed E-state index contributed by atoms with van der Waals surface area (Å²) in [6, 6.07) is 7.77. The second kappa shape index (κ2) is 7.03. The van der Waals surface area contributed by atoms with E-state index in [4.69, 9.17) is 10.4 Å². The summed E-state index contributed by atoms with van der Waals surface area (Å²) in [5.74, 6) is -0.571. The molecule has 1 atom stereocenters. The van der Waals surface area contributed by atoms with Gasteiger partial charge in [0.05, 0.1) is 6.10 Å². The van der Waals surface area contributed by atoms with E-state index in [1.54, 1.807) is 25.1 Å². The van der Waals surface area contributed by atoms with Crippen LogP contribution >= 0.6 is 0 Å². The Bertz CT molecular complexity index is 518. The number of rotatable bonds is 5. The minimum atomic E-state index is -0.591. The zero-order valence-corrected chi connectivity index (χ0v) is 10.4. The number of nitrogens with one attached hydrogen (secondary N) is 2. The van der Waals surface area contributed by atoms with Gasteiger partial charge in [0.2, 0.25) is 0 Å². The average molecular weight is 261 g/mol. The van der Waals surface area contributed by atoms with Crippen LogP contribution in [0.3, 0.4) is 0 Å². The van der Waals surface area contributed by atoms with Crippen molar-refractivity contribution in [3.63, 3.8) is 0 Å². The predicted octanol–water partition coefficient (Wildman–Crippen LogP) is 0.709. The van der Waals surface area contributed by atoms with E-state index < -0.39 is 12.0 Å². The standard InChI is InChI=1S/C13H15N3O3/c1-9(17)7-15-8-10(6-14)13(19)16-11-3-2-4-12(18)5-11/h2-5,8-9,15,17-18H,7H2,1H3,(H,16,19)/b10-8-. The van der Waals surface area contributed by atoms with Gasteiger partial charge < -0.3 is 20.8 Å². The number of carbonyl (C=O) groups excluding carboxylic acids is 1. The highest BCUT2D eigenvalue weighted by molar-refractivity contribution is 6.06. The molecule has 0 bridgehead atoms. The van der Waals surface area contributed by atoms with Crippen LogP contribution in [0.4, 0.5) is 5.69 Å². The van der Waals surface area contributed by atoms with Crippen LogP contribution in [0.15, 0.2) is 36.0 Å². The van der Waals surface area contributed by atoms with Crippen LogP contribution in [0, 0.1) is 11.3 Å². The molecule has 1 amide bonds. The monoisotopic (exact) mass is 261 g/mol. The molecule has 100 valence electrons. The lowest BCUT2D eigenvalue weighted by atomic mass is 10.2. The van der Waals surface area contributed by atoms with Crippen molar-refractivity contribution in [2.75, 3.05) is 11.9 Å². The van der Waals surface area contributed by atoms with Crippen LogP contribution in [0.1, 0.15) is 6.92 Å². The fourth-order valence-corrected chi connectivity index (χ4v) is 1.26. The van der Waals surface area contributed by atoms with Crippen LogP contribution in [0.5, 0.6) is 5.75 Å². The number of nitrogens with zero attached hydrogens (tertiary/aromatic N) is 1. The van der Waals surface area contributed by atoms with Gasteiger partial charge in [-0.15, -0.1) is 0 Å². The number of hydrogen-bond acceptors (Lipinski definition) is 5. The fourth-order valence-electron chi connectivity index (χ4n) is 1.26. The molecule has 0 aliphatic rings. The third kappa shape index (κ3) is 5.10. The summed E-state index contributed by atoms with van der Waals surface area (Å²) in [5, 5.41) is 32.3. The van der Waals surface area contributed by atoms with Crippen molar-refractivity contribution < 1.29 is 15.0 Å². The average Bonchev–Trinajstić information content (AvgIpc) is 2.34. The number of nitriles is 1. The van der Waals surface area contributed by atoms with Gasteiger partial charge in [-0.1, -0.05) is 6.07 Å². The van der Waals surface area contributed by atoms with Crippen LogP contribution in [0.25, 0.3) is 0 Å². The molecule has 0 aliphatic carbocycles. The molecule has 19 heavy (non-hydrogen) atoms. The van der Waals surface area contributed by atoms with Crippen molar-refractivity contribution in [3.8, 4) is 11.8 Å². The summed E-state index contributed by atoms with van der Waals surface area (Å²) in [4.78, 5) is 11.7. The number of aromatic hydroxyl groups is 1. The molecule has 0 spiro atoms. The Morgan fingerprint density at radius 3 is 2.89 bits per heavy atom. The molecule has 0 saturated carbocycles. The van der Waals surface area contributed by atoms with E-state index >= 15 is 0 Å². The van der Waals surface area contributed by atoms with Crippen LogP contribution in [-0.2, 0) is 4.79 Å². The summed E-state index contributed by atoms with van der Waals surface area (Å²) in [7, 11) is 0. The van der Waals surface area contributed by atoms with Gasteiger partial charge in [0.1, 0.15) is 17.4 Å². The minimum absolute atomic E-state index is 0.0208. The Kier molecular flexibility index (Phi) is 5.38. The number of aliphatic hydroxyl groups is 1. The van der Waals surface area contributed by atoms with Crippen molar-refractivity contribution in [3.05, 3.63) is 36.0 Å². The van der Waals surface area contributed by atoms with Crippen molar-refractivity contribution in [2.45, 2.75) is 13.0 Å². The lowest BCUT2D eigenvalue weighted by Gasteiger charge is -2.06. The predicted molar refractivity (Wildman–Crippen MR) is 70.1 cm³/mol. The van der Waals surface area contributed by atoms with E-state index in [1.165, 1.54) is 18.3 Å². The zero-order valence-electron chi connectivity index (χ0n) is 10.4. The van der Waals surface area contributed by atoms with Crippen molar-refractivity contribution in [1.82, 2.24) is 5.32 Å². The Balaban J connectivity index is 2.67. The number of anilines is 1. The number of benzene rings is 1. The molecule has 4 N–H and O–H groups in total. The highest BCUT2D eigenvalue weighted by Gasteiger charge is 2.09. The summed E-state index contributed by atoms with van der Waals surface area (Å²) >= 11 is 0. The molecule has 1 unspecified atom stereocenters. The number of carbonyl (C=O) groups is 1. The maximum atomic E-state index is 11.7. The largest absolute Gasteiger partial charge is 0.508 e. The molecule has 0 fully saturated rings. The minimum Gasteiger partial charge on any atom is -0.508 e. The molecule has 6 heteroatoms. The van der Waals surface area contributed by atoms with Gasteiger partial charge in [0, 0.05) is 24.5 Å². The second-order valence-electron chi connectivity index (χ2n) is 3.93. The maximum absolute atomic E-state index is 11.7. The first kappa shape index (κ1) is 14.5. The number of phenolic OH excluding ortho intramolecular Hbond substituents is 1. The van der Waals surface area contributed by atoms with Gasteiger partial charge in [-0.3, -0.25) is 4.79 Å². The highest BCUT2D eigenvalue weighted by atomic mass is 16.3. The van der Waals surface area contributed by atoms with E-state index in [9.17, 15) is 9.90 Å². The lowest BCUT2D eigenvalue weighted by molar-refractivity contribution is -0.112. The van der Waals surface area contributed by atoms with E-state index in [1.807, 2.05) is 0 Å². The first-order valence-corrected chi connectivity index (χ1v) is 5.65. The van der Waals surface area contributed by atoms with Crippen LogP contribution in [-0.4, -0.2) is 28.8 Å². The second-order valence-corrected chi connectivity index (χ2v) is 3.93. The Labute approximate surface area is 111 Å². The Morgan fingerprint density at radius 2 is 2.32 bits per heavy atom. The highest BCUT2D eigenvalue weighted by Crippen LogP contribution is 2.15. The first-order valence-electron chi connectivity index (χ1n) is 5.65. The van der Waals surface area contributed by atoms with Crippen LogP contribution in [0.2, 0.25) is 0 Å². The van der Waals surface area contributed by atoms with E-state index in [0.29, 0.717) is 5.69 Å². The molecule has 0 heterocycles.